The summed E-state index contributed by atoms with van der Waals surface area (Å²) in [7, 11) is 0. The lowest BCUT2D eigenvalue weighted by molar-refractivity contribution is -0.136. The molecule has 0 fully saturated rings. The van der Waals surface area contributed by atoms with E-state index in [-0.39, 0.29) is 13.0 Å². The number of fused-ring (bicyclic) bond motifs is 3. The zero-order chi connectivity index (χ0) is 15.9. The second kappa shape index (κ2) is 5.41. The number of nitrogens with zero attached hydrogens (tertiary/aromatic N) is 2. The second-order valence-electron chi connectivity index (χ2n) is 4.96. The van der Waals surface area contributed by atoms with Gasteiger partial charge in [-0.3, -0.25) is 18.8 Å². The average molecular weight is 323 g/mol. The van der Waals surface area contributed by atoms with Gasteiger partial charge in [-0.15, -0.1) is 11.3 Å². The van der Waals surface area contributed by atoms with E-state index in [0.29, 0.717) is 4.96 Å². The Bertz CT molecular complexity index is 838. The molecule has 2 aromatic rings. The molecule has 0 saturated heterocycles. The average Bonchev–Trinajstić information content (AvgIpc) is 2.97. The summed E-state index contributed by atoms with van der Waals surface area (Å²) in [6.07, 6.45) is 2.29. The number of rotatable bonds is 4. The maximum Gasteiger partial charge on any atom is 0.305 e. The number of amides is 1. The fraction of sp³-hybridized carbons (Fsp3) is 0.385. The summed E-state index contributed by atoms with van der Waals surface area (Å²) >= 11 is 1.34. The minimum atomic E-state index is -1.06. The number of hydrogen-bond donors (Lipinski definition) is 3. The molecule has 0 radical (unpaired) electrons. The highest BCUT2D eigenvalue weighted by Crippen LogP contribution is 2.30. The van der Waals surface area contributed by atoms with Gasteiger partial charge in [-0.2, -0.15) is 4.98 Å². The van der Waals surface area contributed by atoms with Crippen LogP contribution in [0.25, 0.3) is 4.96 Å². The zero-order valence-electron chi connectivity index (χ0n) is 11.5. The van der Waals surface area contributed by atoms with Crippen LogP contribution in [-0.2, 0) is 17.6 Å². The van der Waals surface area contributed by atoms with Crippen LogP contribution in [0.2, 0.25) is 0 Å². The van der Waals surface area contributed by atoms with Crippen molar-refractivity contribution in [3.63, 3.8) is 0 Å². The number of nitrogens with one attached hydrogen (secondary N) is 1. The third kappa shape index (κ3) is 2.33. The van der Waals surface area contributed by atoms with E-state index in [4.69, 9.17) is 5.11 Å². The van der Waals surface area contributed by atoms with Crippen molar-refractivity contribution in [2.75, 3.05) is 6.54 Å². The van der Waals surface area contributed by atoms with Gasteiger partial charge in [0.25, 0.3) is 11.5 Å². The molecule has 1 amide bonds. The zero-order valence-corrected chi connectivity index (χ0v) is 12.3. The summed E-state index contributed by atoms with van der Waals surface area (Å²) in [5, 5.41) is 20.7. The molecule has 1 aliphatic rings. The van der Waals surface area contributed by atoms with Crippen LogP contribution in [0.15, 0.2) is 4.79 Å². The first-order valence-electron chi connectivity index (χ1n) is 6.75. The van der Waals surface area contributed by atoms with E-state index >= 15 is 0 Å². The molecule has 3 N–H and O–H groups in total. The highest BCUT2D eigenvalue weighted by molar-refractivity contribution is 7.17. The Balaban J connectivity index is 2.01. The summed E-state index contributed by atoms with van der Waals surface area (Å²) in [5.41, 5.74) is -0.220. The van der Waals surface area contributed by atoms with Crippen molar-refractivity contribution in [1.29, 1.82) is 0 Å². The molecule has 0 saturated carbocycles. The molecule has 0 atom stereocenters. The predicted octanol–water partition coefficient (Wildman–Crippen LogP) is 0.155. The van der Waals surface area contributed by atoms with E-state index in [1.54, 1.807) is 0 Å². The quantitative estimate of drug-likeness (QED) is 0.737. The van der Waals surface area contributed by atoms with Crippen molar-refractivity contribution < 1.29 is 19.8 Å². The summed E-state index contributed by atoms with van der Waals surface area (Å²) in [6.45, 7) is -0.127. The molecule has 2 heterocycles. The second-order valence-corrected chi connectivity index (χ2v) is 6.02. The third-order valence-electron chi connectivity index (χ3n) is 3.51. The van der Waals surface area contributed by atoms with Crippen LogP contribution in [0.1, 0.15) is 33.8 Å². The van der Waals surface area contributed by atoms with Gasteiger partial charge in [0.05, 0.1) is 6.42 Å². The van der Waals surface area contributed by atoms with Crippen molar-refractivity contribution in [1.82, 2.24) is 14.7 Å². The molecule has 9 heteroatoms. The van der Waals surface area contributed by atoms with Gasteiger partial charge < -0.3 is 15.5 Å². The van der Waals surface area contributed by atoms with E-state index in [1.165, 1.54) is 15.7 Å². The van der Waals surface area contributed by atoms with Crippen LogP contribution in [0.4, 0.5) is 0 Å². The van der Waals surface area contributed by atoms with Crippen molar-refractivity contribution in [3.05, 3.63) is 26.5 Å². The van der Waals surface area contributed by atoms with E-state index in [2.05, 4.69) is 10.3 Å². The van der Waals surface area contributed by atoms with Crippen molar-refractivity contribution >= 4 is 28.2 Å². The summed E-state index contributed by atoms with van der Waals surface area (Å²) in [5.74, 6) is -2.51. The number of carboxylic acid groups (broad SMARTS) is 1. The van der Waals surface area contributed by atoms with Gasteiger partial charge in [-0.1, -0.05) is 0 Å². The normalized spacial score (nSPS) is 13.3. The summed E-state index contributed by atoms with van der Waals surface area (Å²) in [6, 6.07) is 0. The topological polar surface area (TPSA) is 121 Å². The minimum Gasteiger partial charge on any atom is -0.492 e. The molecule has 22 heavy (non-hydrogen) atoms. The molecule has 0 aliphatic heterocycles. The lowest BCUT2D eigenvalue weighted by Crippen LogP contribution is -2.33. The van der Waals surface area contributed by atoms with Crippen LogP contribution < -0.4 is 10.9 Å². The molecule has 1 aliphatic carbocycles. The summed E-state index contributed by atoms with van der Waals surface area (Å²) < 4.78 is 1.37. The van der Waals surface area contributed by atoms with Gasteiger partial charge in [-0.25, -0.2) is 0 Å². The molecule has 0 unspecified atom stereocenters. The van der Waals surface area contributed by atoms with E-state index < -0.39 is 28.9 Å². The van der Waals surface area contributed by atoms with Gasteiger partial charge >= 0.3 is 5.97 Å². The number of aliphatic carboxylic acids is 1. The number of thiazole rings is 1. The van der Waals surface area contributed by atoms with Gasteiger partial charge in [0.2, 0.25) is 5.88 Å². The Morgan fingerprint density at radius 3 is 2.86 bits per heavy atom. The largest absolute Gasteiger partial charge is 0.492 e. The molecule has 0 aromatic carbocycles. The Labute approximate surface area is 128 Å². The smallest absolute Gasteiger partial charge is 0.305 e. The van der Waals surface area contributed by atoms with Gasteiger partial charge in [0.1, 0.15) is 0 Å². The molecule has 3 rings (SSSR count). The number of aromatic nitrogens is 2. The van der Waals surface area contributed by atoms with Crippen molar-refractivity contribution in [3.8, 4) is 5.88 Å². The number of hydrogen-bond acceptors (Lipinski definition) is 6. The number of aromatic hydroxyl groups is 1. The van der Waals surface area contributed by atoms with E-state index in [0.717, 1.165) is 29.8 Å². The fourth-order valence-electron chi connectivity index (χ4n) is 2.52. The maximum absolute atomic E-state index is 12.5. The number of carbonyl (C=O) groups is 2. The predicted molar refractivity (Wildman–Crippen MR) is 77.6 cm³/mol. The van der Waals surface area contributed by atoms with Crippen LogP contribution in [0.3, 0.4) is 0 Å². The molecule has 0 bridgehead atoms. The number of carbonyl (C=O) groups excluding carboxylic acids is 1. The van der Waals surface area contributed by atoms with Crippen LogP contribution in [0.5, 0.6) is 5.88 Å². The maximum atomic E-state index is 12.5. The van der Waals surface area contributed by atoms with E-state index in [9.17, 15) is 19.5 Å². The van der Waals surface area contributed by atoms with Crippen molar-refractivity contribution in [2.45, 2.75) is 25.7 Å². The molecule has 0 spiro atoms. The highest BCUT2D eigenvalue weighted by atomic mass is 32.1. The highest BCUT2D eigenvalue weighted by Gasteiger charge is 2.25. The Kier molecular flexibility index (Phi) is 3.57. The third-order valence-corrected chi connectivity index (χ3v) is 4.65. The minimum absolute atomic E-state index is 0.127. The number of carboxylic acids is 1. The standard InChI is InChI=1S/C13H13N3O5S/c17-8(18)4-5-14-10(19)9-11(20)15-13-16(12(9)21)6-2-1-3-7(6)22-13/h20H,1-5H2,(H,14,19)(H,17,18). The lowest BCUT2D eigenvalue weighted by Gasteiger charge is -2.06. The van der Waals surface area contributed by atoms with Gasteiger partial charge in [0, 0.05) is 17.1 Å². The Morgan fingerprint density at radius 2 is 2.14 bits per heavy atom. The first kappa shape index (κ1) is 14.5. The monoisotopic (exact) mass is 323 g/mol. The Hall–Kier alpha value is -2.42. The molecule has 2 aromatic heterocycles. The van der Waals surface area contributed by atoms with Crippen LogP contribution >= 0.6 is 11.3 Å². The first-order chi connectivity index (χ1) is 10.5. The first-order valence-corrected chi connectivity index (χ1v) is 7.57. The molecular weight excluding hydrogens is 310 g/mol. The van der Waals surface area contributed by atoms with E-state index in [1.807, 2.05) is 0 Å². The van der Waals surface area contributed by atoms with Gasteiger partial charge in [0.15, 0.2) is 10.5 Å². The SMILES string of the molecule is O=C(O)CCNC(=O)c1c(O)nc2sc3c(n2c1=O)CCC3. The molecule has 8 nitrogen and oxygen atoms in total. The van der Waals surface area contributed by atoms with Crippen molar-refractivity contribution in [2.24, 2.45) is 0 Å². The fourth-order valence-corrected chi connectivity index (χ4v) is 3.72. The number of aryl methyl sites for hydroxylation is 2. The van der Waals surface area contributed by atoms with Crippen LogP contribution in [-0.4, -0.2) is 38.0 Å². The Morgan fingerprint density at radius 1 is 1.36 bits per heavy atom. The summed E-state index contributed by atoms with van der Waals surface area (Å²) in [4.78, 5) is 40.3. The molecular formula is C13H13N3O5S. The van der Waals surface area contributed by atoms with Gasteiger partial charge in [-0.05, 0) is 19.3 Å². The lowest BCUT2D eigenvalue weighted by atomic mass is 10.2. The molecule has 116 valence electrons. The van der Waals surface area contributed by atoms with Crippen LogP contribution in [0, 0.1) is 0 Å².